The van der Waals surface area contributed by atoms with Crippen molar-refractivity contribution in [3.8, 4) is 11.8 Å². The van der Waals surface area contributed by atoms with Gasteiger partial charge in [0.2, 0.25) is 0 Å². The minimum Gasteiger partial charge on any atom is -0.462 e. The van der Waals surface area contributed by atoms with E-state index in [1.165, 1.54) is 32.1 Å². The first-order valence-corrected chi connectivity index (χ1v) is 9.54. The van der Waals surface area contributed by atoms with Gasteiger partial charge in [-0.25, -0.2) is 0 Å². The summed E-state index contributed by atoms with van der Waals surface area (Å²) < 4.78 is 16.0. The summed E-state index contributed by atoms with van der Waals surface area (Å²) in [6.45, 7) is 2.49. The molecule has 1 rings (SSSR count). The average molecular weight is 338 g/mol. The molecule has 0 bridgehead atoms. The number of ether oxygens (including phenoxy) is 3. The molecule has 0 aromatic rings. The number of carbonyl (C=O) groups is 1. The predicted molar refractivity (Wildman–Crippen MR) is 95.5 cm³/mol. The van der Waals surface area contributed by atoms with Crippen LogP contribution >= 0.6 is 0 Å². The zero-order valence-corrected chi connectivity index (χ0v) is 15.5. The first-order valence-electron chi connectivity index (χ1n) is 9.54. The summed E-state index contributed by atoms with van der Waals surface area (Å²) in [6, 6.07) is 0. The molecule has 2 atom stereocenters. The van der Waals surface area contributed by atoms with Crippen LogP contribution in [0.3, 0.4) is 0 Å². The quantitative estimate of drug-likeness (QED) is 0.226. The van der Waals surface area contributed by atoms with Crippen molar-refractivity contribution in [1.82, 2.24) is 0 Å². The maximum atomic E-state index is 11.3. The van der Waals surface area contributed by atoms with E-state index in [9.17, 15) is 4.79 Å². The van der Waals surface area contributed by atoms with E-state index in [2.05, 4.69) is 18.8 Å². The molecule has 1 heterocycles. The summed E-state index contributed by atoms with van der Waals surface area (Å²) in [6.07, 6.45) is 12.5. The summed E-state index contributed by atoms with van der Waals surface area (Å²) in [5.74, 6) is 6.38. The fourth-order valence-corrected chi connectivity index (χ4v) is 2.85. The van der Waals surface area contributed by atoms with Gasteiger partial charge in [0.05, 0.1) is 0 Å². The van der Waals surface area contributed by atoms with Crippen LogP contribution in [0.15, 0.2) is 0 Å². The Bertz CT molecular complexity index is 383. The minimum atomic E-state index is -0.134. The van der Waals surface area contributed by atoms with Crippen molar-refractivity contribution in [2.45, 2.75) is 96.2 Å². The van der Waals surface area contributed by atoms with Gasteiger partial charge in [-0.1, -0.05) is 44.9 Å². The lowest BCUT2D eigenvalue weighted by molar-refractivity contribution is -0.154. The van der Waals surface area contributed by atoms with Crippen molar-refractivity contribution in [2.24, 2.45) is 0 Å². The van der Waals surface area contributed by atoms with Crippen molar-refractivity contribution < 1.29 is 19.0 Å². The highest BCUT2D eigenvalue weighted by atomic mass is 16.7. The van der Waals surface area contributed by atoms with Crippen molar-refractivity contribution in [3.63, 3.8) is 0 Å². The second-order valence-corrected chi connectivity index (χ2v) is 6.48. The molecule has 0 radical (unpaired) electrons. The molecule has 0 amide bonds. The van der Waals surface area contributed by atoms with Crippen LogP contribution in [-0.2, 0) is 19.0 Å². The molecule has 1 aliphatic heterocycles. The molecule has 1 aliphatic rings. The zero-order chi connectivity index (χ0) is 17.5. The summed E-state index contributed by atoms with van der Waals surface area (Å²) in [5.41, 5.74) is 0. The summed E-state index contributed by atoms with van der Waals surface area (Å²) in [4.78, 5) is 11.3. The maximum absolute atomic E-state index is 11.3. The van der Waals surface area contributed by atoms with Crippen molar-refractivity contribution in [2.75, 3.05) is 13.9 Å². The lowest BCUT2D eigenvalue weighted by Gasteiger charge is -2.23. The Hall–Kier alpha value is -1.05. The maximum Gasteiger partial charge on any atom is 0.306 e. The van der Waals surface area contributed by atoms with Gasteiger partial charge in [0.1, 0.15) is 19.0 Å². The van der Waals surface area contributed by atoms with Gasteiger partial charge < -0.3 is 14.2 Å². The van der Waals surface area contributed by atoms with E-state index >= 15 is 0 Å². The van der Waals surface area contributed by atoms with Gasteiger partial charge in [0.15, 0.2) is 0 Å². The van der Waals surface area contributed by atoms with E-state index in [1.807, 2.05) is 0 Å². The lowest BCUT2D eigenvalue weighted by Crippen LogP contribution is -2.25. The lowest BCUT2D eigenvalue weighted by atomic mass is 10.0. The Kier molecular flexibility index (Phi) is 12.5. The average Bonchev–Trinajstić information content (AvgIpc) is 2.59. The molecule has 0 aromatic carbocycles. The van der Waals surface area contributed by atoms with Gasteiger partial charge in [-0.05, 0) is 32.1 Å². The SMILES string of the molecule is CCCCCCCCC#C[C@@H](CC[C@@H]1CCCC(=O)O1)OCOC. The first kappa shape index (κ1) is 21.0. The van der Waals surface area contributed by atoms with Crippen LogP contribution in [0.25, 0.3) is 0 Å². The second kappa shape index (κ2) is 14.3. The normalized spacial score (nSPS) is 18.6. The zero-order valence-electron chi connectivity index (χ0n) is 15.5. The van der Waals surface area contributed by atoms with Crippen molar-refractivity contribution in [1.29, 1.82) is 0 Å². The number of unbranched alkanes of at least 4 members (excludes halogenated alkanes) is 6. The predicted octanol–water partition coefficient (Wildman–Crippen LogP) is 4.61. The van der Waals surface area contributed by atoms with Crippen molar-refractivity contribution >= 4 is 5.97 Å². The smallest absolute Gasteiger partial charge is 0.306 e. The second-order valence-electron chi connectivity index (χ2n) is 6.48. The third kappa shape index (κ3) is 10.7. The van der Waals surface area contributed by atoms with Gasteiger partial charge in [-0.15, -0.1) is 5.92 Å². The number of rotatable bonds is 12. The van der Waals surface area contributed by atoms with E-state index in [1.54, 1.807) is 7.11 Å². The molecule has 24 heavy (non-hydrogen) atoms. The number of carbonyl (C=O) groups excluding carboxylic acids is 1. The Labute approximate surface area is 147 Å². The highest BCUT2D eigenvalue weighted by molar-refractivity contribution is 5.70. The summed E-state index contributed by atoms with van der Waals surface area (Å²) in [5, 5.41) is 0. The topological polar surface area (TPSA) is 44.8 Å². The molecular formula is C20H34O4. The van der Waals surface area contributed by atoms with Crippen LogP contribution in [-0.4, -0.2) is 32.1 Å². The monoisotopic (exact) mass is 338 g/mol. The summed E-state index contributed by atoms with van der Waals surface area (Å²) in [7, 11) is 1.61. The highest BCUT2D eigenvalue weighted by Crippen LogP contribution is 2.19. The third-order valence-corrected chi connectivity index (χ3v) is 4.26. The van der Waals surface area contributed by atoms with Crippen LogP contribution in [0.5, 0.6) is 0 Å². The molecular weight excluding hydrogens is 304 g/mol. The molecule has 1 fully saturated rings. The van der Waals surface area contributed by atoms with E-state index in [0.717, 1.165) is 38.5 Å². The number of hydrogen-bond acceptors (Lipinski definition) is 4. The van der Waals surface area contributed by atoms with Gasteiger partial charge in [0, 0.05) is 20.0 Å². The third-order valence-electron chi connectivity index (χ3n) is 4.26. The molecule has 0 unspecified atom stereocenters. The first-order chi connectivity index (χ1) is 11.8. The van der Waals surface area contributed by atoms with Crippen LogP contribution in [0, 0.1) is 11.8 Å². The largest absolute Gasteiger partial charge is 0.462 e. The molecule has 4 heteroatoms. The Morgan fingerprint density at radius 1 is 1.25 bits per heavy atom. The van der Waals surface area contributed by atoms with Crippen LogP contribution in [0.2, 0.25) is 0 Å². The van der Waals surface area contributed by atoms with Crippen molar-refractivity contribution in [3.05, 3.63) is 0 Å². The number of cyclic esters (lactones) is 1. The van der Waals surface area contributed by atoms with Gasteiger partial charge >= 0.3 is 5.97 Å². The molecule has 0 saturated carbocycles. The Balaban J connectivity index is 2.23. The van der Waals surface area contributed by atoms with E-state index in [-0.39, 0.29) is 25.0 Å². The van der Waals surface area contributed by atoms with Crippen LogP contribution < -0.4 is 0 Å². The Morgan fingerprint density at radius 3 is 2.79 bits per heavy atom. The molecule has 0 N–H and O–H groups in total. The highest BCUT2D eigenvalue weighted by Gasteiger charge is 2.21. The number of esters is 1. The van der Waals surface area contributed by atoms with E-state index in [0.29, 0.717) is 6.42 Å². The number of methoxy groups -OCH3 is 1. The minimum absolute atomic E-state index is 0.0280. The molecule has 0 aliphatic carbocycles. The summed E-state index contributed by atoms with van der Waals surface area (Å²) >= 11 is 0. The molecule has 0 spiro atoms. The Morgan fingerprint density at radius 2 is 2.04 bits per heavy atom. The fraction of sp³-hybridized carbons (Fsp3) is 0.850. The van der Waals surface area contributed by atoms with Gasteiger partial charge in [-0.2, -0.15) is 0 Å². The van der Waals surface area contributed by atoms with Gasteiger partial charge in [0.25, 0.3) is 0 Å². The van der Waals surface area contributed by atoms with Gasteiger partial charge in [-0.3, -0.25) is 4.79 Å². The molecule has 0 aromatic heterocycles. The molecule has 1 saturated heterocycles. The molecule has 138 valence electrons. The molecule has 4 nitrogen and oxygen atoms in total. The van der Waals surface area contributed by atoms with Crippen LogP contribution in [0.4, 0.5) is 0 Å². The number of hydrogen-bond donors (Lipinski definition) is 0. The fourth-order valence-electron chi connectivity index (χ4n) is 2.85. The van der Waals surface area contributed by atoms with E-state index < -0.39 is 0 Å². The van der Waals surface area contributed by atoms with E-state index in [4.69, 9.17) is 14.2 Å². The standard InChI is InChI=1S/C20H34O4/c1-3-4-5-6-7-8-9-10-12-18(23-17-22-2)15-16-19-13-11-14-20(21)24-19/h18-19H,3-9,11,13-17H2,1-2H3/t18-,19-/m0/s1. The van der Waals surface area contributed by atoms with Crippen LogP contribution in [0.1, 0.15) is 84.0 Å².